The fourth-order valence-electron chi connectivity index (χ4n) is 9.94. The van der Waals surface area contributed by atoms with Gasteiger partial charge in [-0.1, -0.05) is 305 Å². The Balaban J connectivity index is 4.05. The minimum absolute atomic E-state index is 0.0780. The molecule has 0 N–H and O–H groups in total. The van der Waals surface area contributed by atoms with Gasteiger partial charge in [0.15, 0.2) is 6.10 Å². The smallest absolute Gasteiger partial charge is 0.306 e. The number of esters is 3. The van der Waals surface area contributed by atoms with Gasteiger partial charge >= 0.3 is 17.9 Å². The zero-order valence-electron chi connectivity index (χ0n) is 53.1. The molecule has 0 aliphatic rings. The van der Waals surface area contributed by atoms with E-state index in [2.05, 4.69) is 106 Å². The molecule has 0 rings (SSSR count). The summed E-state index contributed by atoms with van der Waals surface area (Å²) in [6.07, 6.45) is 90.6. The largest absolute Gasteiger partial charge is 0.462 e. The normalized spacial score (nSPS) is 12.6. The van der Waals surface area contributed by atoms with Crippen molar-refractivity contribution in [3.8, 4) is 0 Å². The Bertz CT molecular complexity index is 1520. The van der Waals surface area contributed by atoms with Crippen LogP contribution >= 0.6 is 0 Å². The standard InChI is InChI=1S/C74H130O6/c1-4-7-10-13-16-19-22-24-26-28-29-30-31-32-33-34-35-36-37-38-39-40-41-42-43-44-45-47-48-50-52-55-58-61-64-67-73(76)79-70-71(69-78-72(75)66-63-60-57-54-21-18-15-12-9-6-3)80-74(77)68-65-62-59-56-53-51-49-46-27-25-23-20-17-14-11-8-5-2/h7,10,12,15-17,19-20,24-27,29-30,71H,4-6,8-9,11,13-14,18,21-23,28,31-70H2,1-3H3/b10-7-,15-12-,19-16-,20-17-,26-24-,27-25-,30-29-. The Morgan fingerprint density at radius 3 is 0.825 bits per heavy atom. The van der Waals surface area contributed by atoms with Gasteiger partial charge in [0.1, 0.15) is 13.2 Å². The average molecular weight is 1120 g/mol. The third-order valence-corrected chi connectivity index (χ3v) is 15.1. The molecule has 0 spiro atoms. The van der Waals surface area contributed by atoms with Crippen LogP contribution in [-0.2, 0) is 28.6 Å². The summed E-state index contributed by atoms with van der Waals surface area (Å²) >= 11 is 0. The second kappa shape index (κ2) is 68.1. The maximum atomic E-state index is 12.9. The fraction of sp³-hybridized carbons (Fsp3) is 0.770. The molecule has 0 aliphatic carbocycles. The van der Waals surface area contributed by atoms with Crippen LogP contribution in [0.2, 0.25) is 0 Å². The molecule has 0 amide bonds. The fourth-order valence-corrected chi connectivity index (χ4v) is 9.94. The summed E-state index contributed by atoms with van der Waals surface area (Å²) in [7, 11) is 0. The van der Waals surface area contributed by atoms with E-state index in [9.17, 15) is 14.4 Å². The number of hydrogen-bond donors (Lipinski definition) is 0. The van der Waals surface area contributed by atoms with Gasteiger partial charge in [0.05, 0.1) is 0 Å². The van der Waals surface area contributed by atoms with Crippen LogP contribution in [-0.4, -0.2) is 37.2 Å². The van der Waals surface area contributed by atoms with Crippen molar-refractivity contribution in [3.05, 3.63) is 85.1 Å². The van der Waals surface area contributed by atoms with Crippen LogP contribution < -0.4 is 0 Å². The van der Waals surface area contributed by atoms with Crippen LogP contribution in [0.25, 0.3) is 0 Å². The summed E-state index contributed by atoms with van der Waals surface area (Å²) < 4.78 is 16.9. The molecule has 0 aliphatic heterocycles. The molecule has 0 saturated heterocycles. The minimum Gasteiger partial charge on any atom is -0.462 e. The van der Waals surface area contributed by atoms with Gasteiger partial charge in [-0.15, -0.1) is 0 Å². The molecule has 6 nitrogen and oxygen atoms in total. The topological polar surface area (TPSA) is 78.9 Å². The Morgan fingerprint density at radius 1 is 0.263 bits per heavy atom. The van der Waals surface area contributed by atoms with Crippen LogP contribution in [0.1, 0.15) is 348 Å². The van der Waals surface area contributed by atoms with Crippen molar-refractivity contribution in [2.45, 2.75) is 354 Å². The lowest BCUT2D eigenvalue weighted by Crippen LogP contribution is -2.30. The Hall–Kier alpha value is -3.41. The second-order valence-electron chi connectivity index (χ2n) is 23.1. The average Bonchev–Trinajstić information content (AvgIpc) is 3.46. The molecular weight excluding hydrogens is 985 g/mol. The van der Waals surface area contributed by atoms with Crippen LogP contribution in [0, 0.1) is 0 Å². The molecule has 1 unspecified atom stereocenters. The highest BCUT2D eigenvalue weighted by Gasteiger charge is 2.19. The molecule has 6 heteroatoms. The predicted octanol–water partition coefficient (Wildman–Crippen LogP) is 23.8. The molecule has 0 aromatic rings. The quantitative estimate of drug-likeness (QED) is 0.0261. The molecule has 0 bridgehead atoms. The van der Waals surface area contributed by atoms with Gasteiger partial charge in [-0.25, -0.2) is 0 Å². The summed E-state index contributed by atoms with van der Waals surface area (Å²) in [5.74, 6) is -0.881. The Kier molecular flexibility index (Phi) is 65.2. The first-order valence-electron chi connectivity index (χ1n) is 34.6. The number of unbranched alkanes of at least 4 members (excludes halogenated alkanes) is 38. The molecule has 462 valence electrons. The molecule has 0 aromatic heterocycles. The van der Waals surface area contributed by atoms with Crippen LogP contribution in [0.5, 0.6) is 0 Å². The van der Waals surface area contributed by atoms with Gasteiger partial charge < -0.3 is 14.2 Å². The maximum Gasteiger partial charge on any atom is 0.306 e. The lowest BCUT2D eigenvalue weighted by molar-refractivity contribution is -0.167. The number of carbonyl (C=O) groups excluding carboxylic acids is 3. The third kappa shape index (κ3) is 65.4. The minimum atomic E-state index is -0.781. The number of rotatable bonds is 63. The first kappa shape index (κ1) is 76.6. The van der Waals surface area contributed by atoms with E-state index in [0.29, 0.717) is 19.3 Å². The van der Waals surface area contributed by atoms with Crippen molar-refractivity contribution in [1.82, 2.24) is 0 Å². The third-order valence-electron chi connectivity index (χ3n) is 15.1. The van der Waals surface area contributed by atoms with E-state index >= 15 is 0 Å². The number of ether oxygens (including phenoxy) is 3. The van der Waals surface area contributed by atoms with Gasteiger partial charge in [-0.2, -0.15) is 0 Å². The van der Waals surface area contributed by atoms with Crippen LogP contribution in [0.3, 0.4) is 0 Å². The lowest BCUT2D eigenvalue weighted by Gasteiger charge is -2.18. The van der Waals surface area contributed by atoms with E-state index in [1.165, 1.54) is 199 Å². The molecule has 0 saturated carbocycles. The van der Waals surface area contributed by atoms with E-state index in [1.807, 2.05) is 0 Å². The molecule has 0 heterocycles. The number of hydrogen-bond acceptors (Lipinski definition) is 6. The van der Waals surface area contributed by atoms with Crippen molar-refractivity contribution in [3.63, 3.8) is 0 Å². The summed E-state index contributed by atoms with van der Waals surface area (Å²) in [5.41, 5.74) is 0. The number of carbonyl (C=O) groups is 3. The van der Waals surface area contributed by atoms with Crippen molar-refractivity contribution in [2.75, 3.05) is 13.2 Å². The van der Waals surface area contributed by atoms with E-state index in [0.717, 1.165) is 109 Å². The molecule has 0 aromatic carbocycles. The monoisotopic (exact) mass is 1110 g/mol. The summed E-state index contributed by atoms with van der Waals surface area (Å²) in [6, 6.07) is 0. The van der Waals surface area contributed by atoms with Crippen molar-refractivity contribution < 1.29 is 28.6 Å². The summed E-state index contributed by atoms with van der Waals surface area (Å²) in [6.45, 7) is 6.46. The van der Waals surface area contributed by atoms with Gasteiger partial charge in [0.2, 0.25) is 0 Å². The van der Waals surface area contributed by atoms with Gasteiger partial charge in [0, 0.05) is 19.3 Å². The first-order valence-corrected chi connectivity index (χ1v) is 34.6. The summed E-state index contributed by atoms with van der Waals surface area (Å²) in [5, 5.41) is 0. The van der Waals surface area contributed by atoms with Crippen LogP contribution in [0.15, 0.2) is 85.1 Å². The van der Waals surface area contributed by atoms with E-state index in [4.69, 9.17) is 14.2 Å². The van der Waals surface area contributed by atoms with E-state index in [-0.39, 0.29) is 31.1 Å². The van der Waals surface area contributed by atoms with Crippen molar-refractivity contribution in [2.24, 2.45) is 0 Å². The molecule has 0 fully saturated rings. The molecule has 80 heavy (non-hydrogen) atoms. The Labute approximate surface area is 496 Å². The van der Waals surface area contributed by atoms with Crippen molar-refractivity contribution >= 4 is 17.9 Å². The zero-order valence-corrected chi connectivity index (χ0v) is 53.1. The highest BCUT2D eigenvalue weighted by Crippen LogP contribution is 2.18. The lowest BCUT2D eigenvalue weighted by atomic mass is 10.0. The SMILES string of the molecule is CC/C=C\C/C=C\C/C=C\C/C=C\CCCCCCCCCCCCCCCCCCCCCCCCC(=O)OCC(COC(=O)CCCCCCC/C=C\CCC)OC(=O)CCCCCCCCC/C=C\C/C=C\CCCCC. The Morgan fingerprint density at radius 2 is 0.512 bits per heavy atom. The highest BCUT2D eigenvalue weighted by molar-refractivity contribution is 5.71. The van der Waals surface area contributed by atoms with Gasteiger partial charge in [-0.05, 0) is 109 Å². The zero-order chi connectivity index (χ0) is 57.8. The van der Waals surface area contributed by atoms with E-state index < -0.39 is 6.10 Å². The molecule has 1 atom stereocenters. The maximum absolute atomic E-state index is 12.9. The van der Waals surface area contributed by atoms with Gasteiger partial charge in [0.25, 0.3) is 0 Å². The molecular formula is C74H130O6. The van der Waals surface area contributed by atoms with Gasteiger partial charge in [-0.3, -0.25) is 14.4 Å². The van der Waals surface area contributed by atoms with E-state index in [1.54, 1.807) is 0 Å². The second-order valence-corrected chi connectivity index (χ2v) is 23.1. The highest BCUT2D eigenvalue weighted by atomic mass is 16.6. The molecule has 0 radical (unpaired) electrons. The first-order chi connectivity index (χ1) is 39.5. The van der Waals surface area contributed by atoms with Crippen molar-refractivity contribution in [1.29, 1.82) is 0 Å². The number of allylic oxidation sites excluding steroid dienone is 14. The predicted molar refractivity (Wildman–Crippen MR) is 348 cm³/mol. The van der Waals surface area contributed by atoms with Crippen LogP contribution in [0.4, 0.5) is 0 Å². The summed E-state index contributed by atoms with van der Waals surface area (Å²) in [4.78, 5) is 38.2.